The Hall–Kier alpha value is -1.92. The van der Waals surface area contributed by atoms with Crippen LogP contribution in [0.1, 0.15) is 5.01 Å². The van der Waals surface area contributed by atoms with Crippen LogP contribution in [0.3, 0.4) is 0 Å². The molecule has 0 aliphatic rings. The highest BCUT2D eigenvalue weighted by atomic mass is 35.5. The fourth-order valence-corrected chi connectivity index (χ4v) is 2.50. The lowest BCUT2D eigenvalue weighted by Gasteiger charge is -2.05. The number of hydrogen-bond donors (Lipinski definition) is 1. The highest BCUT2D eigenvalue weighted by molar-refractivity contribution is 7.15. The van der Waals surface area contributed by atoms with Crippen molar-refractivity contribution in [1.29, 1.82) is 0 Å². The van der Waals surface area contributed by atoms with E-state index in [1.165, 1.54) is 17.7 Å². The van der Waals surface area contributed by atoms with Gasteiger partial charge in [0.15, 0.2) is 0 Å². The van der Waals surface area contributed by atoms with E-state index in [-0.39, 0.29) is 0 Å². The van der Waals surface area contributed by atoms with Crippen LogP contribution in [0.4, 0.5) is 5.69 Å². The van der Waals surface area contributed by atoms with Crippen molar-refractivity contribution in [2.24, 2.45) is 0 Å². The summed E-state index contributed by atoms with van der Waals surface area (Å²) in [6.45, 7) is 0.630. The first-order valence-corrected chi connectivity index (χ1v) is 6.71. The molecule has 0 spiro atoms. The van der Waals surface area contributed by atoms with Crippen LogP contribution < -0.4 is 5.32 Å². The van der Waals surface area contributed by atoms with Crippen molar-refractivity contribution < 1.29 is 4.42 Å². The summed E-state index contributed by atoms with van der Waals surface area (Å²) in [7, 11) is 0. The molecule has 0 bridgehead atoms. The molecule has 0 amide bonds. The smallest absolute Gasteiger partial charge is 0.247 e. The lowest BCUT2D eigenvalue weighted by Crippen LogP contribution is -1.98. The van der Waals surface area contributed by atoms with E-state index in [1.807, 2.05) is 24.3 Å². The van der Waals surface area contributed by atoms with Gasteiger partial charge in [-0.15, -0.1) is 21.5 Å². The van der Waals surface area contributed by atoms with Crippen LogP contribution in [0.2, 0.25) is 4.34 Å². The zero-order valence-electron chi connectivity index (χ0n) is 9.71. The van der Waals surface area contributed by atoms with Gasteiger partial charge in [-0.3, -0.25) is 0 Å². The normalized spacial score (nSPS) is 10.6. The molecule has 3 aromatic rings. The number of rotatable bonds is 4. The Bertz CT molecular complexity index is 668. The minimum atomic E-state index is 0.501. The van der Waals surface area contributed by atoms with E-state index in [2.05, 4.69) is 20.5 Å². The first kappa shape index (κ1) is 12.1. The molecule has 19 heavy (non-hydrogen) atoms. The number of nitrogens with zero attached hydrogens (tertiary/aromatic N) is 3. The van der Waals surface area contributed by atoms with Gasteiger partial charge in [0.25, 0.3) is 0 Å². The van der Waals surface area contributed by atoms with Crippen molar-refractivity contribution in [3.63, 3.8) is 0 Å². The summed E-state index contributed by atoms with van der Waals surface area (Å²) in [4.78, 5) is 4.19. The molecule has 2 aromatic heterocycles. The van der Waals surface area contributed by atoms with E-state index in [0.29, 0.717) is 16.8 Å². The van der Waals surface area contributed by atoms with Crippen molar-refractivity contribution in [2.75, 3.05) is 5.32 Å². The number of anilines is 1. The zero-order valence-corrected chi connectivity index (χ0v) is 11.3. The van der Waals surface area contributed by atoms with E-state index in [0.717, 1.165) is 16.3 Å². The van der Waals surface area contributed by atoms with Gasteiger partial charge in [-0.25, -0.2) is 4.98 Å². The summed E-state index contributed by atoms with van der Waals surface area (Å²) >= 11 is 7.30. The quantitative estimate of drug-likeness (QED) is 0.798. The highest BCUT2D eigenvalue weighted by Gasteiger charge is 2.05. The van der Waals surface area contributed by atoms with E-state index < -0.39 is 0 Å². The van der Waals surface area contributed by atoms with Crippen LogP contribution in [0.5, 0.6) is 0 Å². The first-order valence-electron chi connectivity index (χ1n) is 5.52. The van der Waals surface area contributed by atoms with Crippen LogP contribution in [0.25, 0.3) is 11.5 Å². The van der Waals surface area contributed by atoms with Gasteiger partial charge in [0, 0.05) is 11.3 Å². The van der Waals surface area contributed by atoms with Gasteiger partial charge in [-0.1, -0.05) is 17.7 Å². The van der Waals surface area contributed by atoms with Gasteiger partial charge in [0.05, 0.1) is 12.7 Å². The largest absolute Gasteiger partial charge is 0.423 e. The molecule has 2 heterocycles. The van der Waals surface area contributed by atoms with Gasteiger partial charge < -0.3 is 9.73 Å². The molecule has 3 rings (SSSR count). The maximum Gasteiger partial charge on any atom is 0.247 e. The minimum Gasteiger partial charge on any atom is -0.423 e. The first-order chi connectivity index (χ1) is 9.31. The number of hydrogen-bond acceptors (Lipinski definition) is 6. The molecular weight excluding hydrogens is 284 g/mol. The van der Waals surface area contributed by atoms with E-state index in [4.69, 9.17) is 16.0 Å². The molecule has 0 saturated heterocycles. The summed E-state index contributed by atoms with van der Waals surface area (Å²) in [5, 5.41) is 11.8. The van der Waals surface area contributed by atoms with Crippen molar-refractivity contribution in [3.8, 4) is 11.5 Å². The Labute approximate surface area is 118 Å². The molecule has 0 aliphatic heterocycles. The number of aromatic nitrogens is 3. The predicted molar refractivity (Wildman–Crippen MR) is 74.2 cm³/mol. The monoisotopic (exact) mass is 292 g/mol. The fourth-order valence-electron chi connectivity index (χ4n) is 1.61. The maximum atomic E-state index is 5.84. The Morgan fingerprint density at radius 3 is 3.05 bits per heavy atom. The van der Waals surface area contributed by atoms with Crippen LogP contribution in [0, 0.1) is 0 Å². The van der Waals surface area contributed by atoms with Gasteiger partial charge in [0.1, 0.15) is 9.34 Å². The Morgan fingerprint density at radius 1 is 1.37 bits per heavy atom. The van der Waals surface area contributed by atoms with Gasteiger partial charge in [-0.05, 0) is 18.2 Å². The van der Waals surface area contributed by atoms with Crippen molar-refractivity contribution >= 4 is 28.6 Å². The molecule has 7 heteroatoms. The topological polar surface area (TPSA) is 63.8 Å². The lowest BCUT2D eigenvalue weighted by atomic mass is 10.2. The van der Waals surface area contributed by atoms with Crippen LogP contribution in [-0.2, 0) is 6.54 Å². The lowest BCUT2D eigenvalue weighted by molar-refractivity contribution is 0.568. The molecule has 0 saturated carbocycles. The fraction of sp³-hybridized carbons (Fsp3) is 0.0833. The Balaban J connectivity index is 1.73. The molecule has 0 fully saturated rings. The molecule has 0 unspecified atom stereocenters. The summed E-state index contributed by atoms with van der Waals surface area (Å²) in [5.74, 6) is 0.501. The van der Waals surface area contributed by atoms with Gasteiger partial charge in [-0.2, -0.15) is 0 Å². The molecule has 0 aliphatic carbocycles. The SMILES string of the molecule is Clc1cnc(CNc2cccc(-c3nnco3)c2)s1. The van der Waals surface area contributed by atoms with Crippen LogP contribution >= 0.6 is 22.9 Å². The number of benzene rings is 1. The number of thiazole rings is 1. The minimum absolute atomic E-state index is 0.501. The molecule has 1 aromatic carbocycles. The zero-order chi connectivity index (χ0) is 13.1. The second-order valence-electron chi connectivity index (χ2n) is 3.74. The third kappa shape index (κ3) is 2.91. The summed E-state index contributed by atoms with van der Waals surface area (Å²) in [6.07, 6.45) is 2.96. The van der Waals surface area contributed by atoms with Crippen molar-refractivity contribution in [2.45, 2.75) is 6.54 Å². The van der Waals surface area contributed by atoms with Crippen molar-refractivity contribution in [1.82, 2.24) is 15.2 Å². The third-order valence-corrected chi connectivity index (χ3v) is 3.55. The van der Waals surface area contributed by atoms with Crippen LogP contribution in [-0.4, -0.2) is 15.2 Å². The van der Waals surface area contributed by atoms with E-state index in [9.17, 15) is 0 Å². The number of halogens is 1. The summed E-state index contributed by atoms with van der Waals surface area (Å²) in [6, 6.07) is 7.76. The van der Waals surface area contributed by atoms with Gasteiger partial charge in [0.2, 0.25) is 12.3 Å². The second kappa shape index (κ2) is 5.38. The average molecular weight is 293 g/mol. The molecule has 96 valence electrons. The second-order valence-corrected chi connectivity index (χ2v) is 5.48. The van der Waals surface area contributed by atoms with Gasteiger partial charge >= 0.3 is 0 Å². The van der Waals surface area contributed by atoms with E-state index >= 15 is 0 Å². The average Bonchev–Trinajstić information content (AvgIpc) is 3.08. The Morgan fingerprint density at radius 2 is 2.32 bits per heavy atom. The molecule has 0 radical (unpaired) electrons. The molecule has 1 N–H and O–H groups in total. The predicted octanol–water partition coefficient (Wildman–Crippen LogP) is 3.46. The van der Waals surface area contributed by atoms with Crippen LogP contribution in [0.15, 0.2) is 41.3 Å². The van der Waals surface area contributed by atoms with Crippen molar-refractivity contribution in [3.05, 3.63) is 46.2 Å². The number of nitrogens with one attached hydrogen (secondary N) is 1. The summed E-state index contributed by atoms with van der Waals surface area (Å²) < 4.78 is 5.85. The third-order valence-electron chi connectivity index (χ3n) is 2.44. The Kier molecular flexibility index (Phi) is 3.43. The standard InChI is InChI=1S/C12H9ClN4OS/c13-10-5-15-11(19-10)6-14-9-3-1-2-8(4-9)12-17-16-7-18-12/h1-5,7,14H,6H2. The molecule has 0 atom stereocenters. The molecular formula is C12H9ClN4OS. The maximum absolute atomic E-state index is 5.84. The summed E-state index contributed by atoms with van der Waals surface area (Å²) in [5.41, 5.74) is 1.83. The van der Waals surface area contributed by atoms with E-state index in [1.54, 1.807) is 6.20 Å². The highest BCUT2D eigenvalue weighted by Crippen LogP contribution is 2.22. The molecule has 5 nitrogen and oxygen atoms in total.